The van der Waals surface area contributed by atoms with Gasteiger partial charge in [-0.1, -0.05) is 75.2 Å². The Balaban J connectivity index is 0.00000186. The van der Waals surface area contributed by atoms with Gasteiger partial charge in [-0.25, -0.2) is 0 Å². The van der Waals surface area contributed by atoms with Crippen LogP contribution in [0.5, 0.6) is 11.5 Å². The van der Waals surface area contributed by atoms with Crippen LogP contribution in [-0.2, 0) is 32.0 Å². The van der Waals surface area contributed by atoms with Gasteiger partial charge in [0.05, 0.1) is 19.0 Å². The van der Waals surface area contributed by atoms with Crippen LogP contribution >= 0.6 is 0 Å². The summed E-state index contributed by atoms with van der Waals surface area (Å²) in [7, 11) is 1.44. The second-order valence-corrected chi connectivity index (χ2v) is 16.2. The van der Waals surface area contributed by atoms with Crippen LogP contribution in [0.2, 0.25) is 0 Å². The average molecular weight is 918 g/mol. The monoisotopic (exact) mass is 918 g/mol. The zero-order chi connectivity index (χ0) is 48.7. The highest BCUT2D eigenvalue weighted by molar-refractivity contribution is 5.98. The number of rotatable bonds is 19. The number of likely N-dealkylation sites (N-methyl/N-ethyl adjacent to an activating group) is 1. The third kappa shape index (κ3) is 15.7. The molecular formula is C51H67N9O7. The molecule has 0 radical (unpaired) electrons. The molecule has 0 fully saturated rings. The number of nitrogens with two attached hydrogens (primary N) is 3. The molecule has 0 aliphatic carbocycles. The van der Waals surface area contributed by atoms with Crippen molar-refractivity contribution in [2.24, 2.45) is 17.2 Å². The lowest BCUT2D eigenvalue weighted by Crippen LogP contribution is -2.55. The van der Waals surface area contributed by atoms with Crippen LogP contribution in [0.1, 0.15) is 86.0 Å². The molecule has 0 aromatic heterocycles. The van der Waals surface area contributed by atoms with E-state index in [4.69, 9.17) is 31.9 Å². The Morgan fingerprint density at radius 2 is 1.39 bits per heavy atom. The highest BCUT2D eigenvalue weighted by Crippen LogP contribution is 2.40. The predicted molar refractivity (Wildman–Crippen MR) is 260 cm³/mol. The number of carbonyl (C=O) groups excluding carboxylic acids is 5. The zero-order valence-corrected chi connectivity index (χ0v) is 39.2. The topological polar surface area (TPSA) is 257 Å². The summed E-state index contributed by atoms with van der Waals surface area (Å²) < 4.78 is 12.1. The molecule has 1 heterocycles. The minimum Gasteiger partial charge on any atom is -0.492 e. The molecule has 16 nitrogen and oxygen atoms in total. The molecule has 2 unspecified atom stereocenters. The number of unbranched alkanes of at least 4 members (excludes halogenated alkanes) is 2. The number of nitriles is 1. The van der Waals surface area contributed by atoms with E-state index in [2.05, 4.69) is 59.4 Å². The predicted octanol–water partition coefficient (Wildman–Crippen LogP) is 4.29. The van der Waals surface area contributed by atoms with Gasteiger partial charge in [0.25, 0.3) is 5.91 Å². The van der Waals surface area contributed by atoms with E-state index in [-0.39, 0.29) is 45.7 Å². The van der Waals surface area contributed by atoms with Gasteiger partial charge in [-0.2, -0.15) is 5.26 Å². The standard InChI is InChI=1S/C47H56N8O7.C4H11N/c1-4-5-7-31-8-11-33(12-9-31)34-13-15-35(16-14-34)45(58)52-29-42(56)55(3)43-36-17-19-41(62-25-22-50)38(28-36)37-26-32(10-18-40(37)61-24-21-49)27-39(46(59)51-23-6-20-48)54-44(57)30(2)53-47(43)60;1-2-3-4-5/h8-19,26,28,30,39,43H,4-7,21-25,27,29,49-50H2,1-3H3,(H,51,59)(H,52,58)(H,53,60)(H,54,57);2-5H2,1H3/t30-,39?,43?;/m0./s1. The number of fused-ring (bicyclic) bond motifs is 5. The van der Waals surface area contributed by atoms with E-state index in [9.17, 15) is 24.0 Å². The summed E-state index contributed by atoms with van der Waals surface area (Å²) in [5.41, 5.74) is 22.4. The number of hydrogen-bond acceptors (Lipinski definition) is 11. The molecule has 358 valence electrons. The van der Waals surface area contributed by atoms with Crippen LogP contribution in [0.4, 0.5) is 0 Å². The Kier molecular flexibility index (Phi) is 21.8. The number of hydrogen-bond donors (Lipinski definition) is 7. The molecule has 0 spiro atoms. The summed E-state index contributed by atoms with van der Waals surface area (Å²) >= 11 is 0. The SMILES string of the molecule is CCCCN.CCCCc1ccc(-c2ccc(C(=O)NCC(=O)N(C)C3C(=O)N[C@@H](C)C(=O)NC(C(=O)NCCC#N)Cc4ccc(OCCN)c(c4)-c4cc3ccc4OCCN)cc2)cc1. The fraction of sp³-hybridized carbons (Fsp3) is 0.412. The maximum absolute atomic E-state index is 14.3. The molecule has 16 heteroatoms. The molecule has 5 rings (SSSR count). The van der Waals surface area contributed by atoms with Crippen molar-refractivity contribution >= 4 is 29.5 Å². The molecule has 4 bridgehead atoms. The number of nitrogens with zero attached hydrogens (tertiary/aromatic N) is 2. The first-order valence-electron chi connectivity index (χ1n) is 23.0. The van der Waals surface area contributed by atoms with Gasteiger partial charge in [0.1, 0.15) is 42.8 Å². The number of ether oxygens (including phenoxy) is 2. The van der Waals surface area contributed by atoms with Crippen molar-refractivity contribution in [1.82, 2.24) is 26.2 Å². The van der Waals surface area contributed by atoms with E-state index in [1.165, 1.54) is 37.3 Å². The molecule has 10 N–H and O–H groups in total. The van der Waals surface area contributed by atoms with Crippen molar-refractivity contribution in [2.45, 2.75) is 83.8 Å². The Morgan fingerprint density at radius 3 is 1.97 bits per heavy atom. The summed E-state index contributed by atoms with van der Waals surface area (Å²) in [5, 5.41) is 19.9. The van der Waals surface area contributed by atoms with E-state index in [1.54, 1.807) is 48.5 Å². The highest BCUT2D eigenvalue weighted by Gasteiger charge is 2.33. The quantitative estimate of drug-likeness (QED) is 0.0653. The van der Waals surface area contributed by atoms with Crippen molar-refractivity contribution in [3.63, 3.8) is 0 Å². The lowest BCUT2D eigenvalue weighted by Gasteiger charge is -2.30. The van der Waals surface area contributed by atoms with Crippen LogP contribution in [-0.4, -0.2) is 99.5 Å². The van der Waals surface area contributed by atoms with Crippen molar-refractivity contribution in [3.8, 4) is 39.8 Å². The average Bonchev–Trinajstić information content (AvgIpc) is 3.34. The summed E-state index contributed by atoms with van der Waals surface area (Å²) in [6.07, 6.45) is 5.78. The first-order chi connectivity index (χ1) is 32.4. The van der Waals surface area contributed by atoms with Gasteiger partial charge in [-0.3, -0.25) is 24.0 Å². The summed E-state index contributed by atoms with van der Waals surface area (Å²) in [6.45, 7) is 7.01. The number of nitrogens with one attached hydrogen (secondary N) is 4. The second kappa shape index (κ2) is 27.6. The van der Waals surface area contributed by atoms with Crippen LogP contribution in [0.3, 0.4) is 0 Å². The van der Waals surface area contributed by atoms with Crippen molar-refractivity contribution in [2.75, 3.05) is 53.0 Å². The first-order valence-corrected chi connectivity index (χ1v) is 23.0. The lowest BCUT2D eigenvalue weighted by atomic mass is 9.93. The van der Waals surface area contributed by atoms with Crippen molar-refractivity contribution in [3.05, 3.63) is 107 Å². The van der Waals surface area contributed by atoms with E-state index < -0.39 is 54.2 Å². The van der Waals surface area contributed by atoms with E-state index >= 15 is 0 Å². The number of carbonyl (C=O) groups is 5. The van der Waals surface area contributed by atoms with Gasteiger partial charge in [0, 0.05) is 49.8 Å². The van der Waals surface area contributed by atoms with Crippen molar-refractivity contribution < 1.29 is 33.4 Å². The zero-order valence-electron chi connectivity index (χ0n) is 39.2. The van der Waals surface area contributed by atoms with Crippen LogP contribution in [0.15, 0.2) is 84.9 Å². The van der Waals surface area contributed by atoms with Crippen LogP contribution < -0.4 is 47.9 Å². The number of amides is 5. The normalized spacial score (nSPS) is 15.5. The maximum atomic E-state index is 14.3. The second-order valence-electron chi connectivity index (χ2n) is 16.2. The number of benzene rings is 4. The summed E-state index contributed by atoms with van der Waals surface area (Å²) in [4.78, 5) is 69.8. The van der Waals surface area contributed by atoms with Gasteiger partial charge in [-0.05, 0) is 96.9 Å². The van der Waals surface area contributed by atoms with E-state index in [0.717, 1.165) is 36.9 Å². The molecule has 0 saturated heterocycles. The largest absolute Gasteiger partial charge is 0.492 e. The van der Waals surface area contributed by atoms with E-state index in [0.29, 0.717) is 39.3 Å². The lowest BCUT2D eigenvalue weighted by molar-refractivity contribution is -0.139. The Hall–Kier alpha value is -6.80. The van der Waals surface area contributed by atoms with Gasteiger partial charge in [0.15, 0.2) is 0 Å². The van der Waals surface area contributed by atoms with Crippen LogP contribution in [0.25, 0.3) is 22.3 Å². The van der Waals surface area contributed by atoms with Crippen LogP contribution in [0, 0.1) is 11.3 Å². The molecule has 4 aromatic rings. The third-order valence-corrected chi connectivity index (χ3v) is 11.0. The molecule has 1 aliphatic rings. The fourth-order valence-corrected chi connectivity index (χ4v) is 7.24. The maximum Gasteiger partial charge on any atom is 0.251 e. The molecule has 0 saturated carbocycles. The van der Waals surface area contributed by atoms with Gasteiger partial charge >= 0.3 is 0 Å². The van der Waals surface area contributed by atoms with Gasteiger partial charge in [-0.15, -0.1) is 0 Å². The van der Waals surface area contributed by atoms with Gasteiger partial charge < -0.3 is 52.8 Å². The highest BCUT2D eigenvalue weighted by atomic mass is 16.5. The molecule has 67 heavy (non-hydrogen) atoms. The van der Waals surface area contributed by atoms with Crippen molar-refractivity contribution in [1.29, 1.82) is 5.26 Å². The third-order valence-electron chi connectivity index (χ3n) is 11.0. The summed E-state index contributed by atoms with van der Waals surface area (Å²) in [5.74, 6) is -2.12. The molecule has 1 aliphatic heterocycles. The van der Waals surface area contributed by atoms with E-state index in [1.807, 2.05) is 18.2 Å². The Labute approximate surface area is 394 Å². The Morgan fingerprint density at radius 1 is 0.776 bits per heavy atom. The number of aryl methyl sites for hydroxylation is 1. The molecule has 4 aromatic carbocycles. The van der Waals surface area contributed by atoms with Gasteiger partial charge in [0.2, 0.25) is 23.6 Å². The fourth-order valence-electron chi connectivity index (χ4n) is 7.24. The molecule has 5 amide bonds. The minimum absolute atomic E-state index is 0.0519. The molecular weight excluding hydrogens is 851 g/mol. The Bertz CT molecular complexity index is 2300. The smallest absolute Gasteiger partial charge is 0.251 e. The molecule has 3 atom stereocenters. The minimum atomic E-state index is -1.31. The first kappa shape index (κ1) is 52.8. The summed E-state index contributed by atoms with van der Waals surface area (Å²) in [6, 6.07) is 24.2.